The summed E-state index contributed by atoms with van der Waals surface area (Å²) >= 11 is 5.97. The van der Waals surface area contributed by atoms with Gasteiger partial charge in [-0.3, -0.25) is 10.1 Å². The molecule has 0 aliphatic heterocycles. The van der Waals surface area contributed by atoms with Crippen LogP contribution in [0.15, 0.2) is 59.5 Å². The molecule has 0 unspecified atom stereocenters. The summed E-state index contributed by atoms with van der Waals surface area (Å²) in [5, 5.41) is 6.41. The van der Waals surface area contributed by atoms with Crippen LogP contribution in [0.25, 0.3) is 22.5 Å². The Kier molecular flexibility index (Phi) is 5.68. The van der Waals surface area contributed by atoms with Crippen molar-refractivity contribution in [3.8, 4) is 22.5 Å². The van der Waals surface area contributed by atoms with Crippen molar-refractivity contribution in [3.63, 3.8) is 0 Å². The Labute approximate surface area is 178 Å². The monoisotopic (exact) mass is 444 g/mol. The van der Waals surface area contributed by atoms with Crippen LogP contribution in [-0.4, -0.2) is 21.0 Å². The highest BCUT2D eigenvalue weighted by atomic mass is 35.5. The van der Waals surface area contributed by atoms with Crippen LogP contribution in [0.2, 0.25) is 5.02 Å². The Morgan fingerprint density at radius 1 is 1.10 bits per heavy atom. The minimum atomic E-state index is -0.875. The van der Waals surface area contributed by atoms with E-state index in [1.807, 2.05) is 0 Å². The molecule has 31 heavy (non-hydrogen) atoms. The van der Waals surface area contributed by atoms with E-state index in [1.165, 1.54) is 42.9 Å². The second-order valence-electron chi connectivity index (χ2n) is 6.38. The number of aromatic nitrogens is 3. The number of hydrogen-bond acceptors (Lipinski definition) is 5. The molecule has 0 saturated heterocycles. The Balaban J connectivity index is 1.73. The van der Waals surface area contributed by atoms with Gasteiger partial charge < -0.3 is 4.52 Å². The van der Waals surface area contributed by atoms with Gasteiger partial charge in [0.15, 0.2) is 0 Å². The fourth-order valence-corrected chi connectivity index (χ4v) is 3.18. The topological polar surface area (TPSA) is 80.9 Å². The average Bonchev–Trinajstić information content (AvgIpc) is 3.14. The molecule has 0 aliphatic carbocycles. The fourth-order valence-electron chi connectivity index (χ4n) is 2.95. The van der Waals surface area contributed by atoms with E-state index < -0.39 is 23.4 Å². The summed E-state index contributed by atoms with van der Waals surface area (Å²) in [7, 11) is 0. The number of rotatable bonds is 5. The van der Waals surface area contributed by atoms with Crippen LogP contribution in [-0.2, 0) is 11.2 Å². The van der Waals surface area contributed by atoms with Crippen LogP contribution in [0.1, 0.15) is 5.56 Å². The summed E-state index contributed by atoms with van der Waals surface area (Å²) in [5.74, 6) is -3.06. The van der Waals surface area contributed by atoms with E-state index in [0.29, 0.717) is 6.07 Å². The molecule has 0 aliphatic rings. The number of hydrogen-bond donors (Lipinski definition) is 1. The Bertz CT molecular complexity index is 1240. The molecule has 0 bridgehead atoms. The molecule has 0 saturated carbocycles. The molecule has 156 valence electrons. The summed E-state index contributed by atoms with van der Waals surface area (Å²) in [6.45, 7) is 0. The molecule has 0 spiro atoms. The van der Waals surface area contributed by atoms with Crippen molar-refractivity contribution >= 4 is 23.4 Å². The molecule has 4 rings (SSSR count). The lowest BCUT2D eigenvalue weighted by Crippen LogP contribution is -2.15. The van der Waals surface area contributed by atoms with E-state index in [9.17, 15) is 18.0 Å². The standard InChI is InChI=1S/C21H12ClF3N4O2/c22-14-2-1-3-15(24)13(14)9-18(30)28-21-19(17-6-7-26-10-27-17)20(29-31-21)12-5-4-11(23)8-16(12)25/h1-8,10H,9H2,(H,28,30). The normalized spacial score (nSPS) is 10.8. The number of nitrogens with one attached hydrogen (secondary N) is 1. The first-order valence-corrected chi connectivity index (χ1v) is 9.26. The molecule has 1 amide bonds. The van der Waals surface area contributed by atoms with Gasteiger partial charge in [-0.25, -0.2) is 23.1 Å². The van der Waals surface area contributed by atoms with E-state index in [4.69, 9.17) is 16.1 Å². The third-order valence-corrected chi connectivity index (χ3v) is 4.72. The number of benzene rings is 2. The first-order chi connectivity index (χ1) is 14.9. The predicted octanol–water partition coefficient (Wildman–Crippen LogP) is 5.05. The molecule has 6 nitrogen and oxygen atoms in total. The summed E-state index contributed by atoms with van der Waals surface area (Å²) in [5.41, 5.74) is 0.372. The second kappa shape index (κ2) is 8.57. The van der Waals surface area contributed by atoms with Crippen LogP contribution < -0.4 is 5.32 Å². The number of halogens is 4. The predicted molar refractivity (Wildman–Crippen MR) is 107 cm³/mol. The first kappa shape index (κ1) is 20.5. The van der Waals surface area contributed by atoms with Crippen LogP contribution in [0.3, 0.4) is 0 Å². The smallest absolute Gasteiger partial charge is 0.241 e. The third kappa shape index (κ3) is 4.26. The zero-order valence-corrected chi connectivity index (χ0v) is 16.3. The zero-order chi connectivity index (χ0) is 22.0. The van der Waals surface area contributed by atoms with Gasteiger partial charge >= 0.3 is 0 Å². The number of amides is 1. The maximum atomic E-state index is 14.4. The average molecular weight is 445 g/mol. The van der Waals surface area contributed by atoms with Gasteiger partial charge in [-0.15, -0.1) is 0 Å². The Morgan fingerprint density at radius 3 is 2.65 bits per heavy atom. The zero-order valence-electron chi connectivity index (χ0n) is 15.6. The van der Waals surface area contributed by atoms with Crippen molar-refractivity contribution in [1.82, 2.24) is 15.1 Å². The lowest BCUT2D eigenvalue weighted by atomic mass is 10.0. The van der Waals surface area contributed by atoms with Crippen molar-refractivity contribution < 1.29 is 22.5 Å². The van der Waals surface area contributed by atoms with E-state index in [-0.39, 0.29) is 45.4 Å². The minimum Gasteiger partial charge on any atom is -0.337 e. The van der Waals surface area contributed by atoms with E-state index in [2.05, 4.69) is 20.4 Å². The maximum absolute atomic E-state index is 14.4. The summed E-state index contributed by atoms with van der Waals surface area (Å²) in [6, 6.07) is 8.53. The van der Waals surface area contributed by atoms with Crippen molar-refractivity contribution in [2.24, 2.45) is 0 Å². The number of carbonyl (C=O) groups is 1. The molecular formula is C21H12ClF3N4O2. The minimum absolute atomic E-state index is 0.00424. The van der Waals surface area contributed by atoms with Crippen molar-refractivity contribution in [2.75, 3.05) is 5.32 Å². The number of nitrogens with zero attached hydrogens (tertiary/aromatic N) is 3. The highest BCUT2D eigenvalue weighted by molar-refractivity contribution is 6.31. The van der Waals surface area contributed by atoms with Crippen LogP contribution >= 0.6 is 11.6 Å². The lowest BCUT2D eigenvalue weighted by molar-refractivity contribution is -0.115. The molecule has 10 heteroatoms. The van der Waals surface area contributed by atoms with Crippen molar-refractivity contribution in [1.29, 1.82) is 0 Å². The molecular weight excluding hydrogens is 433 g/mol. The summed E-state index contributed by atoms with van der Waals surface area (Å²) < 4.78 is 47.0. The van der Waals surface area contributed by atoms with E-state index in [1.54, 1.807) is 0 Å². The van der Waals surface area contributed by atoms with Crippen molar-refractivity contribution in [2.45, 2.75) is 6.42 Å². The molecule has 1 N–H and O–H groups in total. The van der Waals surface area contributed by atoms with Gasteiger partial charge in [-0.05, 0) is 30.3 Å². The lowest BCUT2D eigenvalue weighted by Gasteiger charge is -2.08. The molecule has 2 heterocycles. The summed E-state index contributed by atoms with van der Waals surface area (Å²) in [4.78, 5) is 20.5. The SMILES string of the molecule is O=C(Cc1c(F)cccc1Cl)Nc1onc(-c2ccc(F)cc2F)c1-c1ccncn1. The Hall–Kier alpha value is -3.72. The van der Waals surface area contributed by atoms with Gasteiger partial charge in [0.25, 0.3) is 0 Å². The largest absolute Gasteiger partial charge is 0.337 e. The number of carbonyl (C=O) groups excluding carboxylic acids is 1. The van der Waals surface area contributed by atoms with Crippen molar-refractivity contribution in [3.05, 3.63) is 83.0 Å². The Morgan fingerprint density at radius 2 is 1.94 bits per heavy atom. The van der Waals surface area contributed by atoms with Crippen LogP contribution in [0.5, 0.6) is 0 Å². The molecule has 2 aromatic heterocycles. The second-order valence-corrected chi connectivity index (χ2v) is 6.79. The van der Waals surface area contributed by atoms with E-state index >= 15 is 0 Å². The van der Waals surface area contributed by atoms with Crippen LogP contribution in [0, 0.1) is 17.5 Å². The van der Waals surface area contributed by atoms with Gasteiger partial charge in [-0.2, -0.15) is 0 Å². The summed E-state index contributed by atoms with van der Waals surface area (Å²) in [6.07, 6.45) is 2.30. The number of anilines is 1. The van der Waals surface area contributed by atoms with Gasteiger partial charge in [0.2, 0.25) is 11.8 Å². The van der Waals surface area contributed by atoms with Gasteiger partial charge in [0, 0.05) is 28.4 Å². The molecule has 2 aromatic carbocycles. The first-order valence-electron chi connectivity index (χ1n) is 8.88. The molecule has 4 aromatic rings. The van der Waals surface area contributed by atoms with Gasteiger partial charge in [0.05, 0.1) is 17.7 Å². The quantitative estimate of drug-likeness (QED) is 0.466. The molecule has 0 fully saturated rings. The third-order valence-electron chi connectivity index (χ3n) is 4.37. The maximum Gasteiger partial charge on any atom is 0.241 e. The highest BCUT2D eigenvalue weighted by Gasteiger charge is 2.24. The van der Waals surface area contributed by atoms with Gasteiger partial charge in [-0.1, -0.05) is 22.8 Å². The fraction of sp³-hybridized carbons (Fsp3) is 0.0476. The molecule has 0 atom stereocenters. The highest BCUT2D eigenvalue weighted by Crippen LogP contribution is 2.38. The van der Waals surface area contributed by atoms with Crippen LogP contribution in [0.4, 0.5) is 19.1 Å². The van der Waals surface area contributed by atoms with Gasteiger partial charge in [0.1, 0.15) is 29.5 Å². The molecule has 0 radical (unpaired) electrons. The van der Waals surface area contributed by atoms with E-state index in [0.717, 1.165) is 6.07 Å².